The van der Waals surface area contributed by atoms with E-state index in [4.69, 9.17) is 47.4 Å². The Morgan fingerprint density at radius 3 is 1.03 bits per heavy atom. The zero-order valence-electron chi connectivity index (χ0n) is 33.3. The summed E-state index contributed by atoms with van der Waals surface area (Å²) in [6.45, 7) is -4.56. The van der Waals surface area contributed by atoms with Crippen LogP contribution >= 0.6 is 0 Å². The van der Waals surface area contributed by atoms with Crippen molar-refractivity contribution in [1.82, 2.24) is 0 Å². The second-order valence-corrected chi connectivity index (χ2v) is 15.7. The van der Waals surface area contributed by atoms with Gasteiger partial charge in [0.15, 0.2) is 31.5 Å². The molecule has 5 aliphatic rings. The van der Waals surface area contributed by atoms with Crippen LogP contribution in [0.25, 0.3) is 0 Å². The molecule has 0 radical (unpaired) electrons. The standard InChI is InChI=1S/C37H58O26/c38-6-13-18(43)23(48)25(50)33(55-13)60-29-20(45)15(8-40)56-34(26(29)51)61-30-21(46)16(9-41)57-35(27(30)52)62-31-22(47)17(10-42)58-36(28(31)53)63-32-24(49)19(44)14(7-39)59-37(32)54-11-12-4-2-1-3-5-12/h1-5,13-53H,6-11H2/t13-,14-,15-,16-,17-,18-,19-,20-,21-,22-,23+,24+,25+,26+,27+,28+,29+,30+,31+,32+,33-,34-,35-,36-,37+/m1/s1. The van der Waals surface area contributed by atoms with E-state index in [2.05, 4.69) is 0 Å². The van der Waals surface area contributed by atoms with Gasteiger partial charge in [-0.3, -0.25) is 0 Å². The minimum atomic E-state index is -2.17. The summed E-state index contributed by atoms with van der Waals surface area (Å²) in [7, 11) is 0. The second kappa shape index (κ2) is 22.3. The smallest absolute Gasteiger partial charge is 0.187 e. The predicted octanol–water partition coefficient (Wildman–Crippen LogP) is -9.70. The van der Waals surface area contributed by atoms with Crippen molar-refractivity contribution in [2.45, 2.75) is 160 Å². The van der Waals surface area contributed by atoms with E-state index in [1.165, 1.54) is 0 Å². The van der Waals surface area contributed by atoms with E-state index in [0.717, 1.165) is 0 Å². The van der Waals surface area contributed by atoms with Crippen molar-refractivity contribution in [3.63, 3.8) is 0 Å². The first-order valence-electron chi connectivity index (χ1n) is 20.2. The van der Waals surface area contributed by atoms with Gasteiger partial charge in [-0.25, -0.2) is 0 Å². The number of hydrogen-bond donors (Lipinski definition) is 16. The van der Waals surface area contributed by atoms with Crippen molar-refractivity contribution in [3.8, 4) is 0 Å². The maximum atomic E-state index is 11.5. The molecule has 0 bridgehead atoms. The number of aliphatic hydroxyl groups is 16. The molecule has 0 amide bonds. The van der Waals surface area contributed by atoms with Crippen molar-refractivity contribution >= 4 is 0 Å². The predicted molar refractivity (Wildman–Crippen MR) is 196 cm³/mol. The van der Waals surface area contributed by atoms with Crippen LogP contribution in [0.1, 0.15) is 5.56 Å². The molecule has 0 unspecified atom stereocenters. The van der Waals surface area contributed by atoms with Crippen LogP contribution in [0.3, 0.4) is 0 Å². The van der Waals surface area contributed by atoms with Crippen molar-refractivity contribution < 1.29 is 129 Å². The second-order valence-electron chi connectivity index (χ2n) is 15.7. The van der Waals surface area contributed by atoms with Gasteiger partial charge in [0, 0.05) is 0 Å². The molecule has 1 aromatic rings. The molecule has 5 fully saturated rings. The van der Waals surface area contributed by atoms with Gasteiger partial charge in [0.1, 0.15) is 122 Å². The van der Waals surface area contributed by atoms with Gasteiger partial charge >= 0.3 is 0 Å². The maximum Gasteiger partial charge on any atom is 0.187 e. The van der Waals surface area contributed by atoms with Crippen LogP contribution in [0.15, 0.2) is 30.3 Å². The first-order valence-corrected chi connectivity index (χ1v) is 20.2. The van der Waals surface area contributed by atoms with Crippen molar-refractivity contribution in [2.24, 2.45) is 0 Å². The normalized spacial score (nSPS) is 48.5. The summed E-state index contributed by atoms with van der Waals surface area (Å²) in [5, 5.41) is 170. The van der Waals surface area contributed by atoms with E-state index < -0.39 is 187 Å². The van der Waals surface area contributed by atoms with E-state index in [1.807, 2.05) is 0 Å². The van der Waals surface area contributed by atoms with Crippen molar-refractivity contribution in [3.05, 3.63) is 35.9 Å². The molecule has 362 valence electrons. The summed E-state index contributed by atoms with van der Waals surface area (Å²) < 4.78 is 56.5. The number of aliphatic hydroxyl groups excluding tert-OH is 16. The lowest BCUT2D eigenvalue weighted by atomic mass is 9.95. The quantitative estimate of drug-likeness (QED) is 0.0732. The highest BCUT2D eigenvalue weighted by Crippen LogP contribution is 2.36. The Balaban J connectivity index is 1.19. The minimum Gasteiger partial charge on any atom is -0.394 e. The van der Waals surface area contributed by atoms with Crippen LogP contribution in [0.2, 0.25) is 0 Å². The Morgan fingerprint density at radius 1 is 0.333 bits per heavy atom. The van der Waals surface area contributed by atoms with Gasteiger partial charge in [0.2, 0.25) is 0 Å². The lowest BCUT2D eigenvalue weighted by molar-refractivity contribution is -0.397. The Labute approximate surface area is 358 Å². The SMILES string of the molecule is OC[C@H]1O[C@H](O[C@@H]2[C@H](O)[C@@H](O[C@@H]3[C@H](O)[C@@H](O[C@@H]4[C@H](O)[C@@H](O[C@@H]5[C@@H](OCc6ccccc6)O[C@H](CO)[C@@H](O)[C@@H]5O)O[C@H](CO)[C@H]4O)O[C@H](CO)[C@H]3O)O[C@H](CO)[C@H]2O)[C@@H](O)[C@@H](O)[C@@H]1O. The van der Waals surface area contributed by atoms with Crippen LogP contribution in [0.5, 0.6) is 0 Å². The van der Waals surface area contributed by atoms with Crippen LogP contribution in [0, 0.1) is 0 Å². The van der Waals surface area contributed by atoms with Crippen molar-refractivity contribution in [1.29, 1.82) is 0 Å². The monoisotopic (exact) mass is 918 g/mol. The van der Waals surface area contributed by atoms with Gasteiger partial charge < -0.3 is 129 Å². The summed E-state index contributed by atoms with van der Waals surface area (Å²) >= 11 is 0. The Kier molecular flexibility index (Phi) is 17.9. The molecule has 5 heterocycles. The van der Waals surface area contributed by atoms with E-state index >= 15 is 0 Å². The largest absolute Gasteiger partial charge is 0.394 e. The lowest BCUT2D eigenvalue weighted by Gasteiger charge is -2.49. The van der Waals surface area contributed by atoms with Gasteiger partial charge in [-0.05, 0) is 5.56 Å². The lowest BCUT2D eigenvalue weighted by Crippen LogP contribution is -2.68. The zero-order chi connectivity index (χ0) is 45.9. The Bertz CT molecular complexity index is 1520. The topological polar surface area (TPSA) is 416 Å². The third kappa shape index (κ3) is 10.8. The summed E-state index contributed by atoms with van der Waals surface area (Å²) in [6.07, 6.45) is -46.1. The molecular weight excluding hydrogens is 860 g/mol. The molecule has 26 nitrogen and oxygen atoms in total. The zero-order valence-corrected chi connectivity index (χ0v) is 33.3. The van der Waals surface area contributed by atoms with Crippen molar-refractivity contribution in [2.75, 3.05) is 33.0 Å². The molecular formula is C37H58O26. The fourth-order valence-electron chi connectivity index (χ4n) is 7.87. The number of ether oxygens (including phenoxy) is 10. The van der Waals surface area contributed by atoms with Gasteiger partial charge in [0.05, 0.1) is 39.6 Å². The van der Waals surface area contributed by atoms with Gasteiger partial charge in [0.25, 0.3) is 0 Å². The average Bonchev–Trinajstić information content (AvgIpc) is 3.28. The third-order valence-electron chi connectivity index (χ3n) is 11.6. The van der Waals surface area contributed by atoms with E-state index in [9.17, 15) is 81.7 Å². The number of hydrogen-bond acceptors (Lipinski definition) is 26. The first-order chi connectivity index (χ1) is 30.1. The molecule has 0 saturated carbocycles. The van der Waals surface area contributed by atoms with Crippen LogP contribution in [-0.2, 0) is 54.0 Å². The number of rotatable bonds is 16. The molecule has 0 spiro atoms. The highest BCUT2D eigenvalue weighted by Gasteiger charge is 2.57. The number of benzene rings is 1. The average molecular weight is 919 g/mol. The molecule has 5 saturated heterocycles. The third-order valence-corrected chi connectivity index (χ3v) is 11.6. The summed E-state index contributed by atoms with van der Waals surface area (Å²) in [4.78, 5) is 0. The van der Waals surface area contributed by atoms with E-state index in [0.29, 0.717) is 5.56 Å². The van der Waals surface area contributed by atoms with Crippen LogP contribution in [-0.4, -0.2) is 268 Å². The van der Waals surface area contributed by atoms with Crippen LogP contribution < -0.4 is 0 Å². The molecule has 5 aliphatic heterocycles. The molecule has 1 aromatic carbocycles. The summed E-state index contributed by atoms with van der Waals surface area (Å²) in [6, 6.07) is 8.65. The molecule has 0 aliphatic carbocycles. The molecule has 63 heavy (non-hydrogen) atoms. The fourth-order valence-corrected chi connectivity index (χ4v) is 7.87. The van der Waals surface area contributed by atoms with E-state index in [-0.39, 0.29) is 6.61 Å². The molecule has 0 aromatic heterocycles. The Morgan fingerprint density at radius 2 is 0.651 bits per heavy atom. The van der Waals surface area contributed by atoms with Gasteiger partial charge in [-0.2, -0.15) is 0 Å². The van der Waals surface area contributed by atoms with E-state index in [1.54, 1.807) is 30.3 Å². The first kappa shape index (κ1) is 50.6. The minimum absolute atomic E-state index is 0.113. The maximum absolute atomic E-state index is 11.5. The highest BCUT2D eigenvalue weighted by molar-refractivity contribution is 5.13. The molecule has 6 rings (SSSR count). The fraction of sp³-hybridized carbons (Fsp3) is 0.838. The van der Waals surface area contributed by atoms with Gasteiger partial charge in [-0.15, -0.1) is 0 Å². The molecule has 25 atom stereocenters. The molecule has 26 heteroatoms. The molecule has 16 N–H and O–H groups in total. The van der Waals surface area contributed by atoms with Crippen LogP contribution in [0.4, 0.5) is 0 Å². The van der Waals surface area contributed by atoms with Gasteiger partial charge in [-0.1, -0.05) is 30.3 Å². The Hall–Kier alpha value is -1.82. The summed E-state index contributed by atoms with van der Waals surface area (Å²) in [5.41, 5.74) is 0.656. The summed E-state index contributed by atoms with van der Waals surface area (Å²) in [5.74, 6) is 0. The highest BCUT2D eigenvalue weighted by atomic mass is 16.8.